The topological polar surface area (TPSA) is 51.2 Å². The van der Waals surface area contributed by atoms with Gasteiger partial charge in [0.25, 0.3) is 0 Å². The van der Waals surface area contributed by atoms with Gasteiger partial charge >= 0.3 is 0 Å². The maximum atomic E-state index is 12.8. The van der Waals surface area contributed by atoms with Crippen molar-refractivity contribution in [3.63, 3.8) is 0 Å². The van der Waals surface area contributed by atoms with Gasteiger partial charge in [0, 0.05) is 24.8 Å². The molecule has 1 aliphatic carbocycles. The molecule has 1 saturated carbocycles. The van der Waals surface area contributed by atoms with Crippen LogP contribution in [0.2, 0.25) is 0 Å². The molecule has 0 aliphatic heterocycles. The largest absolute Gasteiger partial charge is 0.299 e. The zero-order chi connectivity index (χ0) is 14.9. The summed E-state index contributed by atoms with van der Waals surface area (Å²) >= 11 is 0. The van der Waals surface area contributed by atoms with Crippen molar-refractivity contribution in [2.45, 2.75) is 33.1 Å². The summed E-state index contributed by atoms with van der Waals surface area (Å²) in [6, 6.07) is 5.14. The zero-order valence-electron chi connectivity index (χ0n) is 11.6. The monoisotopic (exact) mass is 276 g/mol. The van der Waals surface area contributed by atoms with Crippen LogP contribution in [-0.4, -0.2) is 17.3 Å². The molecule has 20 heavy (non-hydrogen) atoms. The summed E-state index contributed by atoms with van der Waals surface area (Å²) in [7, 11) is 0. The average molecular weight is 276 g/mol. The number of hydrogen-bond donors (Lipinski definition) is 0. The molecule has 0 atom stereocenters. The molecule has 4 heteroatoms. The first-order valence-corrected chi connectivity index (χ1v) is 6.63. The molecule has 1 aromatic rings. The third kappa shape index (κ3) is 3.18. The normalized spacial score (nSPS) is 19.1. The molecule has 0 spiro atoms. The molecule has 0 saturated heterocycles. The van der Waals surface area contributed by atoms with Gasteiger partial charge < -0.3 is 0 Å². The number of rotatable bonds is 3. The minimum absolute atomic E-state index is 0.112. The molecule has 0 aromatic heterocycles. The van der Waals surface area contributed by atoms with E-state index in [1.54, 1.807) is 0 Å². The lowest BCUT2D eigenvalue weighted by atomic mass is 9.70. The maximum absolute atomic E-state index is 12.8. The Balaban J connectivity index is 2.10. The standard InChI is InChI=1S/C16H17FO3/c1-16(2)8-14(19)12(15(20)9-16)7-13(18)10-3-5-11(17)6-4-10/h3-6,12H,7-9H2,1-2H3. The minimum atomic E-state index is -0.833. The quantitative estimate of drug-likeness (QED) is 0.630. The van der Waals surface area contributed by atoms with Gasteiger partial charge in [0.05, 0.1) is 5.92 Å². The highest BCUT2D eigenvalue weighted by Crippen LogP contribution is 2.35. The third-order valence-corrected chi connectivity index (χ3v) is 3.64. The van der Waals surface area contributed by atoms with E-state index >= 15 is 0 Å². The predicted octanol–water partition coefficient (Wildman–Crippen LogP) is 2.97. The van der Waals surface area contributed by atoms with Crippen molar-refractivity contribution in [2.75, 3.05) is 0 Å². The lowest BCUT2D eigenvalue weighted by Gasteiger charge is -2.31. The Morgan fingerprint density at radius 1 is 1.15 bits per heavy atom. The summed E-state index contributed by atoms with van der Waals surface area (Å²) in [5, 5.41) is 0. The van der Waals surface area contributed by atoms with Crippen LogP contribution in [0, 0.1) is 17.2 Å². The molecule has 0 unspecified atom stereocenters. The van der Waals surface area contributed by atoms with E-state index in [0.29, 0.717) is 18.4 Å². The fourth-order valence-electron chi connectivity index (χ4n) is 2.60. The van der Waals surface area contributed by atoms with Crippen LogP contribution in [-0.2, 0) is 9.59 Å². The predicted molar refractivity (Wildman–Crippen MR) is 71.9 cm³/mol. The highest BCUT2D eigenvalue weighted by molar-refractivity contribution is 6.10. The Morgan fingerprint density at radius 2 is 1.65 bits per heavy atom. The lowest BCUT2D eigenvalue weighted by Crippen LogP contribution is -2.38. The lowest BCUT2D eigenvalue weighted by molar-refractivity contribution is -0.139. The second kappa shape index (κ2) is 5.27. The van der Waals surface area contributed by atoms with Crippen LogP contribution >= 0.6 is 0 Å². The Bertz CT molecular complexity index is 538. The maximum Gasteiger partial charge on any atom is 0.164 e. The van der Waals surface area contributed by atoms with Crippen LogP contribution in [0.3, 0.4) is 0 Å². The number of carbonyl (C=O) groups is 3. The van der Waals surface area contributed by atoms with Gasteiger partial charge in [-0.3, -0.25) is 14.4 Å². The number of benzene rings is 1. The van der Waals surface area contributed by atoms with E-state index in [0.717, 1.165) is 0 Å². The molecule has 0 heterocycles. The van der Waals surface area contributed by atoms with Gasteiger partial charge in [-0.05, 0) is 29.7 Å². The number of hydrogen-bond acceptors (Lipinski definition) is 3. The minimum Gasteiger partial charge on any atom is -0.299 e. The van der Waals surface area contributed by atoms with Crippen molar-refractivity contribution < 1.29 is 18.8 Å². The molecule has 0 amide bonds. The Labute approximate surface area is 117 Å². The van der Waals surface area contributed by atoms with Crippen molar-refractivity contribution in [3.05, 3.63) is 35.6 Å². The Hall–Kier alpha value is -1.84. The summed E-state index contributed by atoms with van der Waals surface area (Å²) in [6.45, 7) is 3.75. The number of Topliss-reactive ketones (excluding diaryl/α,β-unsaturated/α-hetero) is 3. The fraction of sp³-hybridized carbons (Fsp3) is 0.438. The molecule has 0 bridgehead atoms. The van der Waals surface area contributed by atoms with E-state index in [1.165, 1.54) is 24.3 Å². The number of carbonyl (C=O) groups excluding carboxylic acids is 3. The summed E-state index contributed by atoms with van der Waals surface area (Å²) < 4.78 is 12.8. The van der Waals surface area contributed by atoms with Crippen LogP contribution in [0.5, 0.6) is 0 Å². The van der Waals surface area contributed by atoms with Crippen molar-refractivity contribution in [1.29, 1.82) is 0 Å². The van der Waals surface area contributed by atoms with Crippen LogP contribution in [0.1, 0.15) is 43.5 Å². The Kier molecular flexibility index (Phi) is 3.84. The molecule has 2 rings (SSSR count). The van der Waals surface area contributed by atoms with Gasteiger partial charge in [-0.2, -0.15) is 0 Å². The second-order valence-corrected chi connectivity index (χ2v) is 6.14. The molecule has 0 radical (unpaired) electrons. The summed E-state index contributed by atoms with van der Waals surface area (Å²) in [5.41, 5.74) is 0.0145. The van der Waals surface area contributed by atoms with Crippen LogP contribution in [0.4, 0.5) is 4.39 Å². The van der Waals surface area contributed by atoms with Crippen LogP contribution < -0.4 is 0 Å². The Morgan fingerprint density at radius 3 is 2.15 bits per heavy atom. The first kappa shape index (κ1) is 14.6. The summed E-state index contributed by atoms with van der Waals surface area (Å²) in [4.78, 5) is 36.1. The first-order valence-electron chi connectivity index (χ1n) is 6.63. The highest BCUT2D eigenvalue weighted by atomic mass is 19.1. The molecule has 1 aliphatic rings. The van der Waals surface area contributed by atoms with Crippen molar-refractivity contribution >= 4 is 17.3 Å². The van der Waals surface area contributed by atoms with Gasteiger partial charge in [0.2, 0.25) is 0 Å². The van der Waals surface area contributed by atoms with Crippen molar-refractivity contribution in [3.8, 4) is 0 Å². The highest BCUT2D eigenvalue weighted by Gasteiger charge is 2.40. The SMILES string of the molecule is CC1(C)CC(=O)C(CC(=O)c2ccc(F)cc2)C(=O)C1. The van der Waals surface area contributed by atoms with E-state index < -0.39 is 11.7 Å². The van der Waals surface area contributed by atoms with E-state index in [4.69, 9.17) is 0 Å². The molecule has 1 fully saturated rings. The fourth-order valence-corrected chi connectivity index (χ4v) is 2.60. The van der Waals surface area contributed by atoms with Gasteiger partial charge in [-0.15, -0.1) is 0 Å². The molecule has 0 N–H and O–H groups in total. The summed E-state index contributed by atoms with van der Waals surface area (Å²) in [5.74, 6) is -1.88. The van der Waals surface area contributed by atoms with Crippen molar-refractivity contribution in [2.24, 2.45) is 11.3 Å². The first-order chi connectivity index (χ1) is 9.28. The van der Waals surface area contributed by atoms with E-state index in [2.05, 4.69) is 0 Å². The van der Waals surface area contributed by atoms with Gasteiger partial charge in [0.15, 0.2) is 5.78 Å². The molecular formula is C16H17FO3. The van der Waals surface area contributed by atoms with Crippen LogP contribution in [0.15, 0.2) is 24.3 Å². The number of ketones is 3. The van der Waals surface area contributed by atoms with Gasteiger partial charge in [0.1, 0.15) is 17.4 Å². The third-order valence-electron chi connectivity index (χ3n) is 3.64. The molecule has 1 aromatic carbocycles. The van der Waals surface area contributed by atoms with Gasteiger partial charge in [-0.1, -0.05) is 13.8 Å². The second-order valence-electron chi connectivity index (χ2n) is 6.14. The zero-order valence-corrected chi connectivity index (χ0v) is 11.6. The number of halogens is 1. The van der Waals surface area contributed by atoms with E-state index in [1.807, 2.05) is 13.8 Å². The van der Waals surface area contributed by atoms with Gasteiger partial charge in [-0.25, -0.2) is 4.39 Å². The molecule has 106 valence electrons. The van der Waals surface area contributed by atoms with Crippen LogP contribution in [0.25, 0.3) is 0 Å². The molecule has 3 nitrogen and oxygen atoms in total. The van der Waals surface area contributed by atoms with Crippen molar-refractivity contribution in [1.82, 2.24) is 0 Å². The average Bonchev–Trinajstić information content (AvgIpc) is 2.33. The smallest absolute Gasteiger partial charge is 0.164 e. The molecular weight excluding hydrogens is 259 g/mol. The van der Waals surface area contributed by atoms with E-state index in [9.17, 15) is 18.8 Å². The van der Waals surface area contributed by atoms with E-state index in [-0.39, 0.29) is 29.2 Å². The summed E-state index contributed by atoms with van der Waals surface area (Å²) in [6.07, 6.45) is 0.527.